The normalized spacial score (nSPS) is 11.6. The Morgan fingerprint density at radius 2 is 2.00 bits per heavy atom. The molecule has 0 aliphatic carbocycles. The van der Waals surface area contributed by atoms with E-state index >= 15 is 0 Å². The Bertz CT molecular complexity index is 740. The number of sulfonamides is 1. The Hall–Kier alpha value is -1.41. The van der Waals surface area contributed by atoms with Crippen molar-refractivity contribution in [2.24, 2.45) is 0 Å². The van der Waals surface area contributed by atoms with Gasteiger partial charge in [0.25, 0.3) is 10.0 Å². The Kier molecular flexibility index (Phi) is 4.14. The van der Waals surface area contributed by atoms with Crippen molar-refractivity contribution in [3.8, 4) is 0 Å². The Morgan fingerprint density at radius 3 is 2.55 bits per heavy atom. The number of nitrogens with zero attached hydrogens (tertiary/aromatic N) is 3. The van der Waals surface area contributed by atoms with Crippen molar-refractivity contribution in [1.29, 1.82) is 0 Å². The van der Waals surface area contributed by atoms with E-state index in [2.05, 4.69) is 30.6 Å². The first kappa shape index (κ1) is 15.0. The number of nitrogens with one attached hydrogen (secondary N) is 1. The van der Waals surface area contributed by atoms with Crippen LogP contribution in [0.1, 0.15) is 18.4 Å². The summed E-state index contributed by atoms with van der Waals surface area (Å²) in [6.07, 6.45) is 1.52. The van der Waals surface area contributed by atoms with Gasteiger partial charge >= 0.3 is 0 Å². The van der Waals surface area contributed by atoms with E-state index in [1.54, 1.807) is 30.5 Å². The smallest absolute Gasteiger partial charge is 0.282 e. The molecule has 2 heterocycles. The first-order valence-electron chi connectivity index (χ1n) is 6.03. The van der Waals surface area contributed by atoms with Crippen LogP contribution in [0.15, 0.2) is 27.8 Å². The van der Waals surface area contributed by atoms with Gasteiger partial charge < -0.3 is 4.57 Å². The number of hydrogen-bond acceptors (Lipinski definition) is 4. The van der Waals surface area contributed by atoms with Gasteiger partial charge in [0.1, 0.15) is 11.6 Å². The van der Waals surface area contributed by atoms with Crippen LogP contribution in [0.5, 0.6) is 0 Å². The van der Waals surface area contributed by atoms with Crippen molar-refractivity contribution in [3.63, 3.8) is 0 Å². The standard InChI is InChI=1S/C12H15BrN4O2S/c1-4-17-7-12(15-9(17)3)20(18,19)16-11-6-5-10(13)8(2)14-11/h5-7H,4H2,1-3H3,(H,14,16). The third kappa shape index (κ3) is 3.01. The van der Waals surface area contributed by atoms with Crippen molar-refractivity contribution in [1.82, 2.24) is 14.5 Å². The summed E-state index contributed by atoms with van der Waals surface area (Å²) >= 11 is 3.32. The Labute approximate surface area is 126 Å². The molecular formula is C12H15BrN4O2S. The molecule has 108 valence electrons. The highest BCUT2D eigenvalue weighted by molar-refractivity contribution is 9.10. The van der Waals surface area contributed by atoms with E-state index in [0.717, 1.165) is 4.47 Å². The van der Waals surface area contributed by atoms with Crippen LogP contribution >= 0.6 is 15.9 Å². The second kappa shape index (κ2) is 5.53. The molecule has 2 rings (SSSR count). The molecular weight excluding hydrogens is 344 g/mol. The largest absolute Gasteiger partial charge is 0.334 e. The van der Waals surface area contributed by atoms with Gasteiger partial charge in [0.05, 0.1) is 5.69 Å². The highest BCUT2D eigenvalue weighted by Gasteiger charge is 2.19. The summed E-state index contributed by atoms with van der Waals surface area (Å²) in [5.41, 5.74) is 0.709. The zero-order chi connectivity index (χ0) is 14.9. The zero-order valence-electron chi connectivity index (χ0n) is 11.4. The molecule has 0 radical (unpaired) electrons. The number of imidazole rings is 1. The van der Waals surface area contributed by atoms with E-state index in [0.29, 0.717) is 18.1 Å². The van der Waals surface area contributed by atoms with E-state index in [1.165, 1.54) is 6.20 Å². The average Bonchev–Trinajstić information content (AvgIpc) is 2.76. The maximum atomic E-state index is 12.2. The molecule has 0 amide bonds. The van der Waals surface area contributed by atoms with Crippen molar-refractivity contribution in [3.05, 3.63) is 34.3 Å². The number of pyridine rings is 1. The molecule has 0 spiro atoms. The number of halogens is 1. The lowest BCUT2D eigenvalue weighted by atomic mass is 10.4. The van der Waals surface area contributed by atoms with Gasteiger partial charge in [0, 0.05) is 17.2 Å². The molecule has 20 heavy (non-hydrogen) atoms. The minimum atomic E-state index is -3.71. The number of aromatic nitrogens is 3. The van der Waals surface area contributed by atoms with Crippen LogP contribution < -0.4 is 4.72 Å². The quantitative estimate of drug-likeness (QED) is 0.910. The molecule has 0 fully saturated rings. The predicted molar refractivity (Wildman–Crippen MR) is 80.1 cm³/mol. The van der Waals surface area contributed by atoms with Gasteiger partial charge in [-0.3, -0.25) is 4.72 Å². The van der Waals surface area contributed by atoms with E-state index in [-0.39, 0.29) is 10.8 Å². The highest BCUT2D eigenvalue weighted by Crippen LogP contribution is 2.19. The molecule has 8 heteroatoms. The van der Waals surface area contributed by atoms with Crippen molar-refractivity contribution in [2.75, 3.05) is 4.72 Å². The molecule has 0 aliphatic rings. The lowest BCUT2D eigenvalue weighted by Gasteiger charge is -2.06. The van der Waals surface area contributed by atoms with Crippen LogP contribution in [-0.4, -0.2) is 23.0 Å². The maximum Gasteiger partial charge on any atom is 0.282 e. The number of aryl methyl sites for hydroxylation is 3. The molecule has 2 aromatic heterocycles. The van der Waals surface area contributed by atoms with Crippen molar-refractivity contribution < 1.29 is 8.42 Å². The molecule has 1 N–H and O–H groups in total. The number of anilines is 1. The van der Waals surface area contributed by atoms with Gasteiger partial charge in [-0.15, -0.1) is 0 Å². The minimum Gasteiger partial charge on any atom is -0.334 e. The van der Waals surface area contributed by atoms with Gasteiger partial charge in [-0.05, 0) is 48.8 Å². The third-order valence-electron chi connectivity index (χ3n) is 2.83. The highest BCUT2D eigenvalue weighted by atomic mass is 79.9. The van der Waals surface area contributed by atoms with Gasteiger partial charge in [-0.1, -0.05) is 0 Å². The van der Waals surface area contributed by atoms with Gasteiger partial charge in [-0.2, -0.15) is 8.42 Å². The van der Waals surface area contributed by atoms with E-state index in [9.17, 15) is 8.42 Å². The Balaban J connectivity index is 2.32. The third-order valence-corrected chi connectivity index (χ3v) is 4.89. The summed E-state index contributed by atoms with van der Waals surface area (Å²) in [5, 5.41) is -0.000721. The van der Waals surface area contributed by atoms with Crippen LogP contribution in [0.4, 0.5) is 5.82 Å². The Morgan fingerprint density at radius 1 is 1.30 bits per heavy atom. The lowest BCUT2D eigenvalue weighted by molar-refractivity contribution is 0.597. The topological polar surface area (TPSA) is 76.9 Å². The molecule has 2 aromatic rings. The monoisotopic (exact) mass is 358 g/mol. The molecule has 0 saturated carbocycles. The SMILES string of the molecule is CCn1cc(S(=O)(=O)Nc2ccc(Br)c(C)n2)nc1C. The number of rotatable bonds is 4. The zero-order valence-corrected chi connectivity index (χ0v) is 13.8. The summed E-state index contributed by atoms with van der Waals surface area (Å²) in [6.45, 7) is 6.16. The molecule has 0 aliphatic heterocycles. The van der Waals surface area contributed by atoms with E-state index in [1.807, 2.05) is 6.92 Å². The summed E-state index contributed by atoms with van der Waals surface area (Å²) in [5.74, 6) is 0.933. The van der Waals surface area contributed by atoms with Crippen LogP contribution in [0.25, 0.3) is 0 Å². The van der Waals surface area contributed by atoms with Crippen molar-refractivity contribution >= 4 is 31.8 Å². The average molecular weight is 359 g/mol. The van der Waals surface area contributed by atoms with E-state index < -0.39 is 10.0 Å². The van der Waals surface area contributed by atoms with Gasteiger partial charge in [0.15, 0.2) is 5.03 Å². The van der Waals surface area contributed by atoms with Crippen LogP contribution in [0.3, 0.4) is 0 Å². The van der Waals surface area contributed by atoms with Crippen LogP contribution in [-0.2, 0) is 16.6 Å². The predicted octanol–water partition coefficient (Wildman–Crippen LogP) is 2.48. The number of hydrogen-bond donors (Lipinski definition) is 1. The molecule has 0 aromatic carbocycles. The summed E-state index contributed by atoms with van der Waals surface area (Å²) in [6, 6.07) is 3.34. The fraction of sp³-hybridized carbons (Fsp3) is 0.333. The van der Waals surface area contributed by atoms with Crippen LogP contribution in [0.2, 0.25) is 0 Å². The van der Waals surface area contributed by atoms with Gasteiger partial charge in [0.2, 0.25) is 0 Å². The molecule has 6 nitrogen and oxygen atoms in total. The second-order valence-electron chi connectivity index (χ2n) is 4.28. The van der Waals surface area contributed by atoms with Gasteiger partial charge in [-0.25, -0.2) is 9.97 Å². The lowest BCUT2D eigenvalue weighted by Crippen LogP contribution is -2.14. The molecule has 0 saturated heterocycles. The first-order chi connectivity index (χ1) is 9.33. The maximum absolute atomic E-state index is 12.2. The molecule has 0 atom stereocenters. The molecule has 0 unspecified atom stereocenters. The van der Waals surface area contributed by atoms with E-state index in [4.69, 9.17) is 0 Å². The minimum absolute atomic E-state index is 0.000721. The second-order valence-corrected chi connectivity index (χ2v) is 6.77. The van der Waals surface area contributed by atoms with Crippen molar-refractivity contribution in [2.45, 2.75) is 32.3 Å². The summed E-state index contributed by atoms with van der Waals surface area (Å²) in [7, 11) is -3.71. The first-order valence-corrected chi connectivity index (χ1v) is 8.31. The summed E-state index contributed by atoms with van der Waals surface area (Å²) in [4.78, 5) is 8.23. The fourth-order valence-electron chi connectivity index (χ4n) is 1.72. The summed E-state index contributed by atoms with van der Waals surface area (Å²) < 4.78 is 29.5. The fourth-order valence-corrected chi connectivity index (χ4v) is 2.95. The van der Waals surface area contributed by atoms with Crippen LogP contribution in [0, 0.1) is 13.8 Å². The molecule has 0 bridgehead atoms.